The van der Waals surface area contributed by atoms with Gasteiger partial charge in [-0.25, -0.2) is 14.8 Å². The number of pyridine rings is 2. The second-order valence-corrected chi connectivity index (χ2v) is 7.19. The summed E-state index contributed by atoms with van der Waals surface area (Å²) in [5.41, 5.74) is 0.315. The number of nitrogens with zero attached hydrogens (tertiary/aromatic N) is 4. The Morgan fingerprint density at radius 1 is 1.26 bits per heavy atom. The molecule has 0 saturated carbocycles. The fourth-order valence-corrected chi connectivity index (χ4v) is 3.67. The van der Waals surface area contributed by atoms with Crippen LogP contribution in [0, 0.1) is 0 Å². The normalized spacial score (nSPS) is 18.4. The first-order valence-corrected chi connectivity index (χ1v) is 9.53. The van der Waals surface area contributed by atoms with E-state index < -0.39 is 30.8 Å². The predicted molar refractivity (Wildman–Crippen MR) is 105 cm³/mol. The van der Waals surface area contributed by atoms with Crippen LogP contribution in [-0.4, -0.2) is 65.0 Å². The number of hydrogen-bond donors (Lipinski definition) is 3. The molecule has 2 aromatic heterocycles. The Hall–Kier alpha value is -3.41. The Bertz CT molecular complexity index is 988. The first-order chi connectivity index (χ1) is 14.8. The highest BCUT2D eigenvalue weighted by Crippen LogP contribution is 2.39. The van der Waals surface area contributed by atoms with Crippen molar-refractivity contribution >= 4 is 29.3 Å². The molecule has 164 valence electrons. The van der Waals surface area contributed by atoms with Crippen LogP contribution in [0.5, 0.6) is 0 Å². The van der Waals surface area contributed by atoms with Gasteiger partial charge in [-0.1, -0.05) is 6.07 Å². The highest BCUT2D eigenvalue weighted by atomic mass is 19.4. The van der Waals surface area contributed by atoms with Gasteiger partial charge in [-0.15, -0.1) is 0 Å². The summed E-state index contributed by atoms with van der Waals surface area (Å²) >= 11 is 0. The van der Waals surface area contributed by atoms with Crippen molar-refractivity contribution in [2.24, 2.45) is 0 Å². The van der Waals surface area contributed by atoms with Crippen molar-refractivity contribution in [2.75, 3.05) is 34.8 Å². The highest BCUT2D eigenvalue weighted by Gasteiger charge is 2.42. The number of alkyl halides is 3. The molecule has 2 aromatic rings. The second kappa shape index (κ2) is 8.02. The second-order valence-electron chi connectivity index (χ2n) is 7.19. The summed E-state index contributed by atoms with van der Waals surface area (Å²) in [7, 11) is 0. The number of hydrogen-bond acceptors (Lipinski definition) is 6. The molecular weight excluding hydrogens is 417 g/mol. The minimum Gasteiger partial charge on any atom is -0.394 e. The molecule has 2 aliphatic heterocycles. The molecule has 3 N–H and O–H groups in total. The van der Waals surface area contributed by atoms with E-state index in [1.54, 1.807) is 29.6 Å². The number of anilines is 3. The molecule has 0 aromatic carbocycles. The van der Waals surface area contributed by atoms with E-state index in [9.17, 15) is 22.8 Å². The molecule has 0 aliphatic carbocycles. The lowest BCUT2D eigenvalue weighted by atomic mass is 10.1. The van der Waals surface area contributed by atoms with Crippen molar-refractivity contribution < 1.29 is 27.9 Å². The summed E-state index contributed by atoms with van der Waals surface area (Å²) in [6.07, 6.45) is -2.61. The zero-order valence-electron chi connectivity index (χ0n) is 16.1. The van der Waals surface area contributed by atoms with E-state index in [1.807, 2.05) is 4.90 Å². The molecular formula is C19H19F3N6O3. The topological polar surface area (TPSA) is 111 Å². The Morgan fingerprint density at radius 2 is 2.06 bits per heavy atom. The summed E-state index contributed by atoms with van der Waals surface area (Å²) in [6.45, 7) is -0.0376. The number of carbonyl (C=O) groups is 2. The molecule has 1 fully saturated rings. The van der Waals surface area contributed by atoms with E-state index in [1.165, 1.54) is 17.2 Å². The van der Waals surface area contributed by atoms with Gasteiger partial charge in [-0.2, -0.15) is 13.2 Å². The fraction of sp³-hybridized carbons (Fsp3) is 0.368. The Labute approximate surface area is 174 Å². The molecule has 12 heteroatoms. The zero-order valence-corrected chi connectivity index (χ0v) is 16.1. The van der Waals surface area contributed by atoms with Crippen molar-refractivity contribution in [3.8, 4) is 0 Å². The van der Waals surface area contributed by atoms with Crippen LogP contribution in [0.25, 0.3) is 0 Å². The number of fused-ring (bicyclic) bond motifs is 4. The van der Waals surface area contributed by atoms with Crippen LogP contribution in [0.4, 0.5) is 35.3 Å². The molecule has 2 aliphatic rings. The molecule has 31 heavy (non-hydrogen) atoms. The van der Waals surface area contributed by atoms with Gasteiger partial charge in [0.05, 0.1) is 18.3 Å². The van der Waals surface area contributed by atoms with E-state index in [-0.39, 0.29) is 17.6 Å². The van der Waals surface area contributed by atoms with Crippen LogP contribution < -0.4 is 20.4 Å². The summed E-state index contributed by atoms with van der Waals surface area (Å²) in [5, 5.41) is 13.4. The molecule has 3 amide bonds. The van der Waals surface area contributed by atoms with Gasteiger partial charge in [0.15, 0.2) is 5.82 Å². The van der Waals surface area contributed by atoms with Crippen molar-refractivity contribution in [1.82, 2.24) is 15.3 Å². The number of halogens is 3. The summed E-state index contributed by atoms with van der Waals surface area (Å²) in [5.74, 6) is -0.584. The van der Waals surface area contributed by atoms with Crippen LogP contribution in [0.3, 0.4) is 0 Å². The third-order valence-corrected chi connectivity index (χ3v) is 5.19. The van der Waals surface area contributed by atoms with Gasteiger partial charge in [-0.05, 0) is 30.7 Å². The van der Waals surface area contributed by atoms with Crippen LogP contribution in [-0.2, 0) is 0 Å². The fourth-order valence-electron chi connectivity index (χ4n) is 3.67. The van der Waals surface area contributed by atoms with E-state index >= 15 is 0 Å². The zero-order chi connectivity index (χ0) is 22.2. The number of carbonyl (C=O) groups excluding carboxylic acids is 2. The Kier molecular flexibility index (Phi) is 5.39. The van der Waals surface area contributed by atoms with E-state index in [4.69, 9.17) is 5.11 Å². The monoisotopic (exact) mass is 436 g/mol. The molecule has 0 spiro atoms. The number of aliphatic hydroxyl groups is 1. The smallest absolute Gasteiger partial charge is 0.394 e. The van der Waals surface area contributed by atoms with Crippen molar-refractivity contribution in [3.63, 3.8) is 0 Å². The largest absolute Gasteiger partial charge is 0.410 e. The molecule has 2 atom stereocenters. The van der Waals surface area contributed by atoms with Gasteiger partial charge in [0.2, 0.25) is 0 Å². The summed E-state index contributed by atoms with van der Waals surface area (Å²) in [4.78, 5) is 37.0. The molecule has 2 bridgehead atoms. The van der Waals surface area contributed by atoms with Crippen molar-refractivity contribution in [1.29, 1.82) is 0 Å². The number of aliphatic hydroxyl groups excluding tert-OH is 1. The molecule has 1 saturated heterocycles. The van der Waals surface area contributed by atoms with Crippen LogP contribution in [0.1, 0.15) is 16.9 Å². The lowest BCUT2D eigenvalue weighted by molar-refractivity contribution is -0.161. The van der Waals surface area contributed by atoms with Gasteiger partial charge in [0, 0.05) is 19.3 Å². The van der Waals surface area contributed by atoms with Crippen LogP contribution in [0.2, 0.25) is 0 Å². The quantitative estimate of drug-likeness (QED) is 0.674. The lowest BCUT2D eigenvalue weighted by Gasteiger charge is -2.35. The van der Waals surface area contributed by atoms with Crippen LogP contribution >= 0.6 is 0 Å². The van der Waals surface area contributed by atoms with E-state index in [0.717, 1.165) is 0 Å². The number of amides is 3. The predicted octanol–water partition coefficient (Wildman–Crippen LogP) is 1.76. The maximum absolute atomic E-state index is 13.0. The minimum absolute atomic E-state index is 0.183. The standard InChI is InChI=1S/C19H19F3N6O3/c20-19(21,22)14(10-29)25-17(30)12-4-5-13-16(24-12)28(11-6-8-27(13)9-11)18(31)26-15-3-1-2-7-23-15/h1-5,7,11,14,29H,6,8-10H2,(H,25,30)(H,23,26,31)/t11-,14+/m0/s1. The van der Waals surface area contributed by atoms with E-state index in [0.29, 0.717) is 31.0 Å². The number of aromatic nitrogens is 2. The average Bonchev–Trinajstić information content (AvgIpc) is 3.15. The maximum Gasteiger partial charge on any atom is 0.410 e. The number of urea groups is 1. The number of nitrogens with one attached hydrogen (secondary N) is 2. The van der Waals surface area contributed by atoms with Crippen molar-refractivity contribution in [3.05, 3.63) is 42.2 Å². The first-order valence-electron chi connectivity index (χ1n) is 9.53. The van der Waals surface area contributed by atoms with Gasteiger partial charge in [0.1, 0.15) is 17.6 Å². The maximum atomic E-state index is 13.0. The molecule has 4 heterocycles. The van der Waals surface area contributed by atoms with Gasteiger partial charge < -0.3 is 15.3 Å². The SMILES string of the molecule is O=C(N[C@H](CO)C(F)(F)F)c1ccc2c(n1)N(C(=O)Nc1ccccn1)[C@H]1CCN2C1. The Balaban J connectivity index is 1.63. The third-order valence-electron chi connectivity index (χ3n) is 5.19. The first kappa shape index (κ1) is 20.8. The molecule has 4 rings (SSSR count). The lowest BCUT2D eigenvalue weighted by Crippen LogP contribution is -2.49. The third kappa shape index (κ3) is 4.10. The molecule has 0 unspecified atom stereocenters. The highest BCUT2D eigenvalue weighted by molar-refractivity contribution is 6.05. The van der Waals surface area contributed by atoms with Crippen molar-refractivity contribution in [2.45, 2.75) is 24.7 Å². The van der Waals surface area contributed by atoms with Gasteiger partial charge in [0.25, 0.3) is 5.91 Å². The number of rotatable bonds is 4. The molecule has 9 nitrogen and oxygen atoms in total. The average molecular weight is 436 g/mol. The van der Waals surface area contributed by atoms with Gasteiger partial charge in [-0.3, -0.25) is 15.0 Å². The Morgan fingerprint density at radius 3 is 2.74 bits per heavy atom. The summed E-state index contributed by atoms with van der Waals surface area (Å²) in [6, 6.07) is 4.77. The molecule has 0 radical (unpaired) electrons. The summed E-state index contributed by atoms with van der Waals surface area (Å²) < 4.78 is 38.7. The van der Waals surface area contributed by atoms with E-state index in [2.05, 4.69) is 15.3 Å². The van der Waals surface area contributed by atoms with Crippen LogP contribution in [0.15, 0.2) is 36.5 Å². The van der Waals surface area contributed by atoms with Gasteiger partial charge >= 0.3 is 12.2 Å². The minimum atomic E-state index is -4.81.